The van der Waals surface area contributed by atoms with E-state index in [0.717, 1.165) is 0 Å². The monoisotopic (exact) mass is 689 g/mol. The highest BCUT2D eigenvalue weighted by Gasteiger charge is 2.39. The van der Waals surface area contributed by atoms with Crippen LogP contribution in [0.15, 0.2) is 180 Å². The van der Waals surface area contributed by atoms with Gasteiger partial charge in [0.2, 0.25) is 6.71 Å². The van der Waals surface area contributed by atoms with Gasteiger partial charge in [0.15, 0.2) is 0 Å². The van der Waals surface area contributed by atoms with Gasteiger partial charge < -0.3 is 13.7 Å². The van der Waals surface area contributed by atoms with E-state index in [1.807, 2.05) is 11.8 Å². The molecule has 8 aromatic carbocycles. The molecule has 0 atom stereocenters. The van der Waals surface area contributed by atoms with Crippen molar-refractivity contribution in [3.05, 3.63) is 170 Å². The van der Waals surface area contributed by atoms with Crippen LogP contribution in [0.3, 0.4) is 0 Å². The first-order valence-electron chi connectivity index (χ1n) is 18.3. The van der Waals surface area contributed by atoms with Crippen molar-refractivity contribution in [3.63, 3.8) is 0 Å². The van der Waals surface area contributed by atoms with E-state index >= 15 is 0 Å². The number of para-hydroxylation sites is 5. The summed E-state index contributed by atoms with van der Waals surface area (Å²) in [5, 5.41) is 7.72. The van der Waals surface area contributed by atoms with E-state index in [-0.39, 0.29) is 6.71 Å². The molecule has 0 fully saturated rings. The fourth-order valence-electron chi connectivity index (χ4n) is 9.80. The summed E-state index contributed by atoms with van der Waals surface area (Å²) in [6, 6.07) is 63.3. The van der Waals surface area contributed by atoms with Crippen molar-refractivity contribution in [1.29, 1.82) is 0 Å². The molecule has 53 heavy (non-hydrogen) atoms. The summed E-state index contributed by atoms with van der Waals surface area (Å²) in [6.45, 7) is 0.128. The van der Waals surface area contributed by atoms with Crippen LogP contribution in [0, 0.1) is 0 Å². The SMILES string of the molecule is c1cc2c3c(c1)-n1c4ccc(-n5c6ccccc6c6ccccc65)cc4c4cccc(c41)B3c1cc(-n3c4ccccc4c4ccccc43)ccc1S2. The van der Waals surface area contributed by atoms with Crippen molar-refractivity contribution in [2.24, 2.45) is 0 Å². The van der Waals surface area contributed by atoms with E-state index in [2.05, 4.69) is 184 Å². The van der Waals surface area contributed by atoms with E-state index in [4.69, 9.17) is 0 Å². The topological polar surface area (TPSA) is 14.8 Å². The number of hydrogen-bond acceptors (Lipinski definition) is 1. The maximum absolute atomic E-state index is 2.55. The van der Waals surface area contributed by atoms with Crippen molar-refractivity contribution < 1.29 is 0 Å². The average molecular weight is 690 g/mol. The molecule has 5 heteroatoms. The normalized spacial score (nSPS) is 13.2. The highest BCUT2D eigenvalue weighted by atomic mass is 32.2. The van der Waals surface area contributed by atoms with E-state index < -0.39 is 0 Å². The Morgan fingerprint density at radius 3 is 1.53 bits per heavy atom. The largest absolute Gasteiger partial charge is 0.310 e. The molecule has 0 bridgehead atoms. The first kappa shape index (κ1) is 28.2. The van der Waals surface area contributed by atoms with Crippen molar-refractivity contribution in [2.45, 2.75) is 9.79 Å². The summed E-state index contributed by atoms with van der Waals surface area (Å²) >= 11 is 1.91. The van der Waals surface area contributed by atoms with Crippen molar-refractivity contribution in [3.8, 4) is 17.1 Å². The summed E-state index contributed by atoms with van der Waals surface area (Å²) in [5.41, 5.74) is 15.3. The number of fused-ring (bicyclic) bond motifs is 13. The van der Waals surface area contributed by atoms with Crippen LogP contribution in [-0.2, 0) is 0 Å². The molecule has 0 unspecified atom stereocenters. The minimum Gasteiger partial charge on any atom is -0.310 e. The zero-order valence-corrected chi connectivity index (χ0v) is 29.3. The maximum Gasteiger partial charge on any atom is 0.249 e. The van der Waals surface area contributed by atoms with Crippen LogP contribution in [0.1, 0.15) is 0 Å². The van der Waals surface area contributed by atoms with Crippen LogP contribution < -0.4 is 16.4 Å². The van der Waals surface area contributed by atoms with Crippen LogP contribution in [0.4, 0.5) is 0 Å². The number of nitrogens with zero attached hydrogens (tertiary/aromatic N) is 3. The van der Waals surface area contributed by atoms with Gasteiger partial charge in [0.05, 0.1) is 27.6 Å². The molecule has 3 nitrogen and oxygen atoms in total. The fourth-order valence-corrected chi connectivity index (χ4v) is 11.0. The Kier molecular flexibility index (Phi) is 5.39. The number of rotatable bonds is 2. The number of benzene rings is 8. The Morgan fingerprint density at radius 1 is 0.358 bits per heavy atom. The predicted octanol–water partition coefficient (Wildman–Crippen LogP) is 10.3. The van der Waals surface area contributed by atoms with E-state index in [1.165, 1.54) is 109 Å². The van der Waals surface area contributed by atoms with Crippen LogP contribution >= 0.6 is 11.8 Å². The van der Waals surface area contributed by atoms with Gasteiger partial charge in [-0.05, 0) is 83.7 Å². The maximum atomic E-state index is 2.55. The Labute approximate surface area is 309 Å². The quantitative estimate of drug-likeness (QED) is 0.165. The molecular weight excluding hydrogens is 661 g/mol. The van der Waals surface area contributed by atoms with E-state index in [0.29, 0.717) is 0 Å². The Hall–Kier alpha value is -6.43. The van der Waals surface area contributed by atoms with Crippen molar-refractivity contribution >= 4 is 100 Å². The van der Waals surface area contributed by atoms with Gasteiger partial charge in [-0.2, -0.15) is 0 Å². The second-order valence-corrected chi connectivity index (χ2v) is 15.5. The van der Waals surface area contributed by atoms with Gasteiger partial charge in [0, 0.05) is 64.7 Å². The summed E-state index contributed by atoms with van der Waals surface area (Å²) in [6.07, 6.45) is 0. The molecule has 0 aliphatic carbocycles. The van der Waals surface area contributed by atoms with Gasteiger partial charge in [0.25, 0.3) is 0 Å². The van der Waals surface area contributed by atoms with Crippen molar-refractivity contribution in [1.82, 2.24) is 13.7 Å². The average Bonchev–Trinajstić information content (AvgIpc) is 3.85. The fraction of sp³-hybridized carbons (Fsp3) is 0. The minimum atomic E-state index is 0.128. The molecule has 0 saturated heterocycles. The molecule has 0 N–H and O–H groups in total. The second kappa shape index (κ2) is 10.1. The van der Waals surface area contributed by atoms with Gasteiger partial charge >= 0.3 is 0 Å². The Balaban J connectivity index is 1.07. The highest BCUT2D eigenvalue weighted by Crippen LogP contribution is 2.41. The molecule has 3 aromatic heterocycles. The standard InChI is InChI=1S/C48H28BN3S/c1-5-17-39-31(11-1)32-12-2-6-18-40(32)50(39)29-23-25-43-36(27-29)35-15-9-16-37-48(35)52(43)44-21-10-22-46-47(44)49(37)38-28-30(24-26-45(38)53-46)51-41-19-7-3-13-33(41)34-14-4-8-20-42(34)51/h1-28H. The van der Waals surface area contributed by atoms with Crippen LogP contribution in [0.2, 0.25) is 0 Å². The third-order valence-electron chi connectivity index (χ3n) is 11.9. The molecule has 11 aromatic rings. The molecule has 5 heterocycles. The molecule has 2 aliphatic heterocycles. The van der Waals surface area contributed by atoms with Crippen LogP contribution in [0.25, 0.3) is 82.5 Å². The summed E-state index contributed by atoms with van der Waals surface area (Å²) in [4.78, 5) is 2.68. The smallest absolute Gasteiger partial charge is 0.249 e. The zero-order valence-electron chi connectivity index (χ0n) is 28.5. The van der Waals surface area contributed by atoms with Gasteiger partial charge in [-0.25, -0.2) is 0 Å². The van der Waals surface area contributed by atoms with E-state index in [1.54, 1.807) is 0 Å². The summed E-state index contributed by atoms with van der Waals surface area (Å²) in [5.74, 6) is 0. The molecule has 0 radical (unpaired) electrons. The van der Waals surface area contributed by atoms with Gasteiger partial charge in [-0.15, -0.1) is 0 Å². The molecule has 0 amide bonds. The lowest BCUT2D eigenvalue weighted by Gasteiger charge is -2.33. The molecular formula is C48H28BN3S. The lowest BCUT2D eigenvalue weighted by Crippen LogP contribution is -2.58. The summed E-state index contributed by atoms with van der Waals surface area (Å²) in [7, 11) is 0. The Bertz CT molecular complexity index is 3290. The van der Waals surface area contributed by atoms with Gasteiger partial charge in [-0.3, -0.25) is 0 Å². The third-order valence-corrected chi connectivity index (χ3v) is 13.1. The second-order valence-electron chi connectivity index (χ2n) is 14.5. The molecule has 13 rings (SSSR count). The first-order chi connectivity index (χ1) is 26.3. The number of aromatic nitrogens is 3. The van der Waals surface area contributed by atoms with Crippen LogP contribution in [0.5, 0.6) is 0 Å². The lowest BCUT2D eigenvalue weighted by atomic mass is 9.35. The molecule has 0 saturated carbocycles. The third kappa shape index (κ3) is 3.58. The van der Waals surface area contributed by atoms with Crippen molar-refractivity contribution in [2.75, 3.05) is 0 Å². The molecule has 244 valence electrons. The number of hydrogen-bond donors (Lipinski definition) is 0. The summed E-state index contributed by atoms with van der Waals surface area (Å²) < 4.78 is 7.43. The van der Waals surface area contributed by atoms with Gasteiger partial charge in [0.1, 0.15) is 0 Å². The zero-order chi connectivity index (χ0) is 34.4. The highest BCUT2D eigenvalue weighted by molar-refractivity contribution is 8.00. The first-order valence-corrected chi connectivity index (χ1v) is 19.1. The molecule has 0 spiro atoms. The minimum absolute atomic E-state index is 0.128. The predicted molar refractivity (Wildman–Crippen MR) is 225 cm³/mol. The molecule has 2 aliphatic rings. The lowest BCUT2D eigenvalue weighted by molar-refractivity contribution is 1.16. The van der Waals surface area contributed by atoms with Gasteiger partial charge in [-0.1, -0.05) is 114 Å². The van der Waals surface area contributed by atoms with E-state index in [9.17, 15) is 0 Å². The Morgan fingerprint density at radius 2 is 0.887 bits per heavy atom. The van der Waals surface area contributed by atoms with Crippen LogP contribution in [-0.4, -0.2) is 20.4 Å².